The van der Waals surface area contributed by atoms with E-state index in [1.54, 1.807) is 0 Å². The normalized spacial score (nSPS) is 12.4. The molecular weight excluding hydrogens is 328 g/mol. The Kier molecular flexibility index (Phi) is 10.5. The summed E-state index contributed by atoms with van der Waals surface area (Å²) in [7, 11) is 0. The van der Waals surface area contributed by atoms with Crippen LogP contribution in [0.4, 0.5) is 0 Å². The van der Waals surface area contributed by atoms with E-state index in [1.807, 2.05) is 0 Å². The van der Waals surface area contributed by atoms with E-state index in [-0.39, 0.29) is 10.8 Å². The fourth-order valence-electron chi connectivity index (χ4n) is 3.50. The topological polar surface area (TPSA) is 9.23 Å². The molecule has 0 aromatic heterocycles. The highest BCUT2D eigenvalue weighted by Crippen LogP contribution is 2.35. The van der Waals surface area contributed by atoms with Crippen molar-refractivity contribution in [2.75, 3.05) is 6.61 Å². The molecule has 0 atom stereocenters. The van der Waals surface area contributed by atoms with Crippen molar-refractivity contribution in [3.05, 3.63) is 29.3 Å². The second-order valence-electron chi connectivity index (χ2n) is 10.2. The van der Waals surface area contributed by atoms with E-state index in [4.69, 9.17) is 4.74 Å². The Balaban J connectivity index is 2.38. The van der Waals surface area contributed by atoms with Crippen molar-refractivity contribution in [1.29, 1.82) is 0 Å². The average Bonchev–Trinajstić information content (AvgIpc) is 2.58. The first-order valence-electron chi connectivity index (χ1n) is 11.4. The smallest absolute Gasteiger partial charge is 0.123 e. The molecule has 0 unspecified atom stereocenters. The summed E-state index contributed by atoms with van der Waals surface area (Å²) in [6, 6.07) is 6.82. The molecule has 1 rings (SSSR count). The highest BCUT2D eigenvalue weighted by Gasteiger charge is 2.22. The van der Waals surface area contributed by atoms with Crippen molar-refractivity contribution in [3.63, 3.8) is 0 Å². The molecule has 27 heavy (non-hydrogen) atoms. The van der Waals surface area contributed by atoms with Gasteiger partial charge in [-0.15, -0.1) is 0 Å². The van der Waals surface area contributed by atoms with E-state index in [9.17, 15) is 0 Å². The minimum Gasteiger partial charge on any atom is -0.493 e. The molecule has 1 aromatic carbocycles. The van der Waals surface area contributed by atoms with Crippen molar-refractivity contribution in [3.8, 4) is 5.75 Å². The maximum atomic E-state index is 6.27. The largest absolute Gasteiger partial charge is 0.493 e. The molecule has 0 radical (unpaired) electrons. The van der Waals surface area contributed by atoms with Gasteiger partial charge in [-0.2, -0.15) is 0 Å². The molecule has 0 aliphatic carbocycles. The zero-order valence-electron chi connectivity index (χ0n) is 19.4. The summed E-state index contributed by atoms with van der Waals surface area (Å²) in [6.45, 7) is 16.7. The molecule has 0 bridgehead atoms. The first-order chi connectivity index (χ1) is 12.7. The molecule has 0 aliphatic rings. The van der Waals surface area contributed by atoms with Crippen molar-refractivity contribution < 1.29 is 4.74 Å². The van der Waals surface area contributed by atoms with Gasteiger partial charge >= 0.3 is 0 Å². The van der Waals surface area contributed by atoms with Crippen LogP contribution in [-0.4, -0.2) is 6.61 Å². The quantitative estimate of drug-likeness (QED) is 0.333. The Labute approximate surface area is 170 Å². The number of rotatable bonds is 12. The van der Waals surface area contributed by atoms with Gasteiger partial charge in [-0.25, -0.2) is 0 Å². The lowest BCUT2D eigenvalue weighted by Crippen LogP contribution is -2.17. The molecule has 1 aromatic rings. The summed E-state index contributed by atoms with van der Waals surface area (Å²) in [4.78, 5) is 0. The number of hydrogen-bond donors (Lipinski definition) is 0. The Bertz CT molecular complexity index is 516. The lowest BCUT2D eigenvalue weighted by molar-refractivity contribution is 0.295. The fourth-order valence-corrected chi connectivity index (χ4v) is 3.50. The van der Waals surface area contributed by atoms with E-state index >= 15 is 0 Å². The summed E-state index contributed by atoms with van der Waals surface area (Å²) < 4.78 is 6.27. The van der Waals surface area contributed by atoms with E-state index in [1.165, 1.54) is 75.3 Å². The van der Waals surface area contributed by atoms with Gasteiger partial charge in [0.15, 0.2) is 0 Å². The highest BCUT2D eigenvalue weighted by molar-refractivity contribution is 5.43. The third-order valence-electron chi connectivity index (χ3n) is 5.41. The first kappa shape index (κ1) is 24.1. The molecule has 156 valence electrons. The van der Waals surface area contributed by atoms with Crippen LogP contribution < -0.4 is 4.74 Å². The molecule has 0 fully saturated rings. The van der Waals surface area contributed by atoms with Gasteiger partial charge in [-0.1, -0.05) is 118 Å². The Morgan fingerprint density at radius 3 is 1.67 bits per heavy atom. The predicted octanol–water partition coefficient (Wildman–Crippen LogP) is 8.58. The Morgan fingerprint density at radius 2 is 1.19 bits per heavy atom. The monoisotopic (exact) mass is 374 g/mol. The second kappa shape index (κ2) is 11.8. The number of ether oxygens (including phenoxy) is 1. The van der Waals surface area contributed by atoms with Gasteiger partial charge in [0.1, 0.15) is 5.75 Å². The fraction of sp³-hybridized carbons (Fsp3) is 0.769. The molecule has 0 spiro atoms. The maximum absolute atomic E-state index is 6.27. The van der Waals surface area contributed by atoms with Crippen LogP contribution in [-0.2, 0) is 10.8 Å². The molecule has 1 nitrogen and oxygen atoms in total. The molecule has 0 amide bonds. The van der Waals surface area contributed by atoms with Gasteiger partial charge in [0.2, 0.25) is 0 Å². The summed E-state index contributed by atoms with van der Waals surface area (Å²) in [5.74, 6) is 1.09. The minimum absolute atomic E-state index is 0.115. The summed E-state index contributed by atoms with van der Waals surface area (Å²) in [5, 5.41) is 0. The molecule has 0 saturated carbocycles. The van der Waals surface area contributed by atoms with Gasteiger partial charge in [0, 0.05) is 0 Å². The van der Waals surface area contributed by atoms with Crippen LogP contribution in [0.5, 0.6) is 5.75 Å². The number of unbranched alkanes of at least 4 members (excludes halogenated alkanes) is 9. The molecule has 1 heteroatoms. The van der Waals surface area contributed by atoms with E-state index < -0.39 is 0 Å². The van der Waals surface area contributed by atoms with Gasteiger partial charge in [-0.05, 0) is 34.4 Å². The van der Waals surface area contributed by atoms with Gasteiger partial charge in [-0.3, -0.25) is 0 Å². The Morgan fingerprint density at radius 1 is 0.667 bits per heavy atom. The summed E-state index contributed by atoms with van der Waals surface area (Å²) in [5.41, 5.74) is 2.95. The third-order valence-corrected chi connectivity index (χ3v) is 5.41. The van der Waals surface area contributed by atoms with E-state index in [2.05, 4.69) is 66.7 Å². The van der Waals surface area contributed by atoms with Gasteiger partial charge < -0.3 is 4.74 Å². The molecule has 0 heterocycles. The van der Waals surface area contributed by atoms with Gasteiger partial charge in [0.05, 0.1) is 6.61 Å². The third kappa shape index (κ3) is 9.67. The zero-order valence-corrected chi connectivity index (χ0v) is 19.4. The highest BCUT2D eigenvalue weighted by atomic mass is 16.5. The zero-order chi connectivity index (χ0) is 20.3. The van der Waals surface area contributed by atoms with Crippen molar-refractivity contribution in [2.45, 2.75) is 124 Å². The molecule has 0 aliphatic heterocycles. The average molecular weight is 375 g/mol. The number of benzene rings is 1. The molecular formula is C26H46O. The maximum Gasteiger partial charge on any atom is 0.123 e. The SMILES string of the molecule is CCCCCCCCCCCCOc1cc(C(C)(C)C)ccc1C(C)(C)C. The number of hydrogen-bond acceptors (Lipinski definition) is 1. The van der Waals surface area contributed by atoms with Crippen molar-refractivity contribution in [1.82, 2.24) is 0 Å². The van der Waals surface area contributed by atoms with Crippen LogP contribution in [0.2, 0.25) is 0 Å². The van der Waals surface area contributed by atoms with Crippen molar-refractivity contribution in [2.24, 2.45) is 0 Å². The van der Waals surface area contributed by atoms with Gasteiger partial charge in [0.25, 0.3) is 0 Å². The van der Waals surface area contributed by atoms with Crippen LogP contribution in [0.3, 0.4) is 0 Å². The molecule has 0 N–H and O–H groups in total. The van der Waals surface area contributed by atoms with Crippen molar-refractivity contribution >= 4 is 0 Å². The lowest BCUT2D eigenvalue weighted by Gasteiger charge is -2.26. The van der Waals surface area contributed by atoms with Crippen LogP contribution in [0.1, 0.15) is 124 Å². The minimum atomic E-state index is 0.115. The van der Waals surface area contributed by atoms with Crippen LogP contribution >= 0.6 is 0 Å². The molecule has 0 saturated heterocycles. The standard InChI is InChI=1S/C26H46O/c1-8-9-10-11-12-13-14-15-16-17-20-27-24-21-22(25(2,3)4)18-19-23(24)26(5,6)7/h18-19,21H,8-17,20H2,1-7H3. The van der Waals surface area contributed by atoms with Crippen LogP contribution in [0.25, 0.3) is 0 Å². The van der Waals surface area contributed by atoms with E-state index in [0.29, 0.717) is 0 Å². The lowest BCUT2D eigenvalue weighted by atomic mass is 9.81. The second-order valence-corrected chi connectivity index (χ2v) is 10.2. The van der Waals surface area contributed by atoms with Crippen LogP contribution in [0, 0.1) is 0 Å². The first-order valence-corrected chi connectivity index (χ1v) is 11.4. The van der Waals surface area contributed by atoms with Crippen LogP contribution in [0.15, 0.2) is 18.2 Å². The predicted molar refractivity (Wildman–Crippen MR) is 121 cm³/mol. The summed E-state index contributed by atoms with van der Waals surface area (Å²) in [6.07, 6.45) is 13.6. The Hall–Kier alpha value is -0.980. The summed E-state index contributed by atoms with van der Waals surface area (Å²) >= 11 is 0. The van der Waals surface area contributed by atoms with E-state index in [0.717, 1.165) is 12.4 Å².